The molecule has 0 aliphatic heterocycles. The fraction of sp³-hybridized carbons (Fsp3) is 0.200. The quantitative estimate of drug-likeness (QED) is 0.607. The molecule has 0 fully saturated rings. The van der Waals surface area contributed by atoms with Crippen molar-refractivity contribution in [3.63, 3.8) is 0 Å². The standard InChI is InChI=1S/C15H15NO2/c1-12(16(17)18)15(13-8-4-2-5-9-13)14-10-6-3-7-11-14/h2-12,15H,1H3/t12-/m0/s1. The number of nitro groups is 1. The third-order valence-electron chi connectivity index (χ3n) is 3.13. The Balaban J connectivity index is 2.45. The first kappa shape index (κ1) is 12.3. The molecule has 0 aliphatic carbocycles. The molecule has 0 saturated heterocycles. The first-order valence-corrected chi connectivity index (χ1v) is 5.93. The zero-order chi connectivity index (χ0) is 13.0. The number of benzene rings is 2. The highest BCUT2D eigenvalue weighted by Gasteiger charge is 2.29. The lowest BCUT2D eigenvalue weighted by Crippen LogP contribution is -2.25. The van der Waals surface area contributed by atoms with E-state index in [1.165, 1.54) is 0 Å². The molecule has 3 heteroatoms. The van der Waals surface area contributed by atoms with Crippen molar-refractivity contribution in [2.24, 2.45) is 0 Å². The molecule has 2 rings (SSSR count). The zero-order valence-corrected chi connectivity index (χ0v) is 10.2. The molecule has 18 heavy (non-hydrogen) atoms. The first-order valence-electron chi connectivity index (χ1n) is 5.93. The Bertz CT molecular complexity index is 471. The predicted octanol–water partition coefficient (Wildman–Crippen LogP) is 3.48. The largest absolute Gasteiger partial charge is 0.264 e. The van der Waals surface area contributed by atoms with Crippen molar-refractivity contribution in [3.05, 3.63) is 81.9 Å². The van der Waals surface area contributed by atoms with Gasteiger partial charge in [-0.1, -0.05) is 60.7 Å². The SMILES string of the molecule is C[C@@H](C(c1ccccc1)c1ccccc1)[N+](=O)[O-]. The van der Waals surface area contributed by atoms with Gasteiger partial charge in [-0.3, -0.25) is 10.1 Å². The zero-order valence-electron chi connectivity index (χ0n) is 10.2. The van der Waals surface area contributed by atoms with E-state index in [0.29, 0.717) is 0 Å². The van der Waals surface area contributed by atoms with Crippen LogP contribution >= 0.6 is 0 Å². The van der Waals surface area contributed by atoms with Crippen LogP contribution < -0.4 is 0 Å². The first-order chi connectivity index (χ1) is 8.70. The Labute approximate surface area is 106 Å². The van der Waals surface area contributed by atoms with Gasteiger partial charge in [-0.25, -0.2) is 0 Å². The van der Waals surface area contributed by atoms with Gasteiger partial charge in [0.05, 0.1) is 5.92 Å². The van der Waals surface area contributed by atoms with Gasteiger partial charge in [0.25, 0.3) is 0 Å². The molecule has 0 radical (unpaired) electrons. The summed E-state index contributed by atoms with van der Waals surface area (Å²) in [6.07, 6.45) is 0. The van der Waals surface area contributed by atoms with Gasteiger partial charge in [0.2, 0.25) is 6.04 Å². The third kappa shape index (κ3) is 2.56. The van der Waals surface area contributed by atoms with Crippen LogP contribution in [0, 0.1) is 10.1 Å². The molecule has 92 valence electrons. The molecule has 0 spiro atoms. The summed E-state index contributed by atoms with van der Waals surface area (Å²) in [7, 11) is 0. The molecule has 3 nitrogen and oxygen atoms in total. The molecule has 0 saturated carbocycles. The Morgan fingerprint density at radius 2 is 1.28 bits per heavy atom. The molecule has 0 aromatic heterocycles. The van der Waals surface area contributed by atoms with Crippen molar-refractivity contribution in [1.82, 2.24) is 0 Å². The summed E-state index contributed by atoms with van der Waals surface area (Å²) >= 11 is 0. The highest BCUT2D eigenvalue weighted by Crippen LogP contribution is 2.29. The molecule has 0 N–H and O–H groups in total. The summed E-state index contributed by atoms with van der Waals surface area (Å²) in [6, 6.07) is 18.6. The summed E-state index contributed by atoms with van der Waals surface area (Å²) in [6.45, 7) is 1.66. The maximum absolute atomic E-state index is 11.1. The van der Waals surface area contributed by atoms with Crippen LogP contribution in [0.25, 0.3) is 0 Å². The molecular weight excluding hydrogens is 226 g/mol. The summed E-state index contributed by atoms with van der Waals surface area (Å²) < 4.78 is 0. The van der Waals surface area contributed by atoms with E-state index in [2.05, 4.69) is 0 Å². The normalized spacial score (nSPS) is 12.3. The van der Waals surface area contributed by atoms with Gasteiger partial charge in [0.15, 0.2) is 0 Å². The van der Waals surface area contributed by atoms with Crippen LogP contribution in [0.2, 0.25) is 0 Å². The summed E-state index contributed by atoms with van der Waals surface area (Å²) in [5.41, 5.74) is 1.96. The predicted molar refractivity (Wildman–Crippen MR) is 71.2 cm³/mol. The Morgan fingerprint density at radius 3 is 1.61 bits per heavy atom. The summed E-state index contributed by atoms with van der Waals surface area (Å²) in [5, 5.41) is 11.1. The molecule has 2 aromatic rings. The Kier molecular flexibility index (Phi) is 3.72. The van der Waals surface area contributed by atoms with E-state index in [0.717, 1.165) is 11.1 Å². The maximum Gasteiger partial charge on any atom is 0.221 e. The highest BCUT2D eigenvalue weighted by atomic mass is 16.6. The van der Waals surface area contributed by atoms with Crippen molar-refractivity contribution in [2.45, 2.75) is 18.9 Å². The minimum Gasteiger partial charge on any atom is -0.264 e. The van der Waals surface area contributed by atoms with Crippen LogP contribution in [-0.2, 0) is 0 Å². The number of nitrogens with zero attached hydrogens (tertiary/aromatic N) is 1. The lowest BCUT2D eigenvalue weighted by molar-refractivity contribution is -0.520. The van der Waals surface area contributed by atoms with Crippen LogP contribution in [0.3, 0.4) is 0 Å². The average Bonchev–Trinajstić information content (AvgIpc) is 2.41. The molecule has 1 atom stereocenters. The number of hydrogen-bond donors (Lipinski definition) is 0. The van der Waals surface area contributed by atoms with Gasteiger partial charge in [0, 0.05) is 11.8 Å². The summed E-state index contributed by atoms with van der Waals surface area (Å²) in [4.78, 5) is 10.9. The average molecular weight is 241 g/mol. The Morgan fingerprint density at radius 1 is 0.889 bits per heavy atom. The highest BCUT2D eigenvalue weighted by molar-refractivity contribution is 5.33. The second kappa shape index (κ2) is 5.45. The van der Waals surface area contributed by atoms with Crippen molar-refractivity contribution in [1.29, 1.82) is 0 Å². The lowest BCUT2D eigenvalue weighted by atomic mass is 9.86. The van der Waals surface area contributed by atoms with Crippen LogP contribution in [0.15, 0.2) is 60.7 Å². The van der Waals surface area contributed by atoms with Gasteiger partial charge < -0.3 is 0 Å². The molecule has 0 aliphatic rings. The van der Waals surface area contributed by atoms with E-state index >= 15 is 0 Å². The van der Waals surface area contributed by atoms with E-state index in [9.17, 15) is 10.1 Å². The van der Waals surface area contributed by atoms with E-state index in [1.54, 1.807) is 6.92 Å². The van der Waals surface area contributed by atoms with E-state index in [1.807, 2.05) is 60.7 Å². The van der Waals surface area contributed by atoms with Crippen molar-refractivity contribution in [2.75, 3.05) is 0 Å². The fourth-order valence-corrected chi connectivity index (χ4v) is 2.19. The van der Waals surface area contributed by atoms with Crippen LogP contribution in [0.1, 0.15) is 24.0 Å². The second-order valence-corrected chi connectivity index (χ2v) is 4.32. The minimum atomic E-state index is -0.644. The van der Waals surface area contributed by atoms with Crippen molar-refractivity contribution < 1.29 is 4.92 Å². The van der Waals surface area contributed by atoms with Gasteiger partial charge in [-0.2, -0.15) is 0 Å². The van der Waals surface area contributed by atoms with Gasteiger partial charge in [-0.05, 0) is 11.1 Å². The monoisotopic (exact) mass is 241 g/mol. The Hall–Kier alpha value is -2.16. The smallest absolute Gasteiger partial charge is 0.221 e. The van der Waals surface area contributed by atoms with Crippen molar-refractivity contribution in [3.8, 4) is 0 Å². The van der Waals surface area contributed by atoms with E-state index in [-0.39, 0.29) is 10.8 Å². The topological polar surface area (TPSA) is 43.1 Å². The van der Waals surface area contributed by atoms with Gasteiger partial charge >= 0.3 is 0 Å². The molecule has 0 heterocycles. The van der Waals surface area contributed by atoms with Gasteiger partial charge in [0.1, 0.15) is 0 Å². The maximum atomic E-state index is 11.1. The molecule has 0 amide bonds. The van der Waals surface area contributed by atoms with Crippen LogP contribution in [0.4, 0.5) is 0 Å². The number of rotatable bonds is 4. The minimum absolute atomic E-state index is 0.206. The lowest BCUT2D eigenvalue weighted by Gasteiger charge is -2.19. The second-order valence-electron chi connectivity index (χ2n) is 4.32. The van der Waals surface area contributed by atoms with Gasteiger partial charge in [-0.15, -0.1) is 0 Å². The molecule has 0 bridgehead atoms. The van der Waals surface area contributed by atoms with E-state index < -0.39 is 6.04 Å². The molecular formula is C15H15NO2. The summed E-state index contributed by atoms with van der Waals surface area (Å²) in [5.74, 6) is -0.206. The molecule has 2 aromatic carbocycles. The van der Waals surface area contributed by atoms with Crippen LogP contribution in [0.5, 0.6) is 0 Å². The number of hydrogen-bond acceptors (Lipinski definition) is 2. The fourth-order valence-electron chi connectivity index (χ4n) is 2.19. The third-order valence-corrected chi connectivity index (χ3v) is 3.13. The molecule has 0 unspecified atom stereocenters. The van der Waals surface area contributed by atoms with Crippen LogP contribution in [-0.4, -0.2) is 11.0 Å². The van der Waals surface area contributed by atoms with E-state index in [4.69, 9.17) is 0 Å². The van der Waals surface area contributed by atoms with Crippen molar-refractivity contribution >= 4 is 0 Å².